The van der Waals surface area contributed by atoms with Gasteiger partial charge in [0.1, 0.15) is 0 Å². The van der Waals surface area contributed by atoms with E-state index in [0.29, 0.717) is 0 Å². The highest BCUT2D eigenvalue weighted by Crippen LogP contribution is 1.73. The van der Waals surface area contributed by atoms with Crippen LogP contribution in [-0.2, 0) is 0 Å². The number of nitrogens with one attached hydrogen (secondary N) is 1. The molecule has 0 fully saturated rings. The van der Waals surface area contributed by atoms with E-state index in [1.165, 1.54) is 5.54 Å². The molecule has 1 atom stereocenters. The SMILES string of the molecule is C[C@@H](CO)NF. The summed E-state index contributed by atoms with van der Waals surface area (Å²) in [6, 6.07) is -0.426. The van der Waals surface area contributed by atoms with E-state index in [2.05, 4.69) is 0 Å². The standard InChI is InChI=1S/C3H8FNO/c1-3(2-6)5-4/h3,5-6H,2H2,1H3/t3-/m0/s1. The van der Waals surface area contributed by atoms with Gasteiger partial charge in [-0.2, -0.15) is 5.54 Å². The van der Waals surface area contributed by atoms with E-state index < -0.39 is 6.04 Å². The molecule has 6 heavy (non-hydrogen) atoms. The Bertz CT molecular complexity index is 30.0. The quantitative estimate of drug-likeness (QED) is 0.465. The Morgan fingerprint density at radius 2 is 2.50 bits per heavy atom. The van der Waals surface area contributed by atoms with Gasteiger partial charge in [0.05, 0.1) is 12.6 Å². The summed E-state index contributed by atoms with van der Waals surface area (Å²) in [6.07, 6.45) is 0. The van der Waals surface area contributed by atoms with Crippen molar-refractivity contribution in [3.63, 3.8) is 0 Å². The zero-order valence-corrected chi connectivity index (χ0v) is 3.61. The van der Waals surface area contributed by atoms with Crippen LogP contribution in [0.2, 0.25) is 0 Å². The van der Waals surface area contributed by atoms with Gasteiger partial charge in [0.15, 0.2) is 0 Å². The highest BCUT2D eigenvalue weighted by molar-refractivity contribution is 4.45. The first kappa shape index (κ1) is 5.85. The second-order valence-electron chi connectivity index (χ2n) is 1.19. The maximum absolute atomic E-state index is 11.0. The summed E-state index contributed by atoms with van der Waals surface area (Å²) < 4.78 is 11.0. The largest absolute Gasteiger partial charge is 0.395 e. The van der Waals surface area contributed by atoms with E-state index in [-0.39, 0.29) is 6.61 Å². The lowest BCUT2D eigenvalue weighted by Crippen LogP contribution is -2.20. The van der Waals surface area contributed by atoms with Crippen LogP contribution in [0.1, 0.15) is 6.92 Å². The zero-order chi connectivity index (χ0) is 4.99. The summed E-state index contributed by atoms with van der Waals surface area (Å²) in [5.74, 6) is 0. The van der Waals surface area contributed by atoms with Crippen molar-refractivity contribution >= 4 is 0 Å². The Morgan fingerprint density at radius 1 is 2.00 bits per heavy atom. The maximum Gasteiger partial charge on any atom is 0.0607 e. The lowest BCUT2D eigenvalue weighted by Gasteiger charge is -1.97. The van der Waals surface area contributed by atoms with Crippen LogP contribution in [0.3, 0.4) is 0 Å². The van der Waals surface area contributed by atoms with Crippen molar-refractivity contribution in [3.05, 3.63) is 0 Å². The first-order valence-corrected chi connectivity index (χ1v) is 1.78. The summed E-state index contributed by atoms with van der Waals surface area (Å²) >= 11 is 0. The van der Waals surface area contributed by atoms with E-state index in [1.807, 2.05) is 0 Å². The Balaban J connectivity index is 2.75. The van der Waals surface area contributed by atoms with Gasteiger partial charge in [-0.25, -0.2) is 0 Å². The molecule has 0 aromatic heterocycles. The average Bonchev–Trinajstić information content (AvgIpc) is 1.65. The maximum atomic E-state index is 11.0. The molecule has 2 N–H and O–H groups in total. The fourth-order valence-electron chi connectivity index (χ4n) is 0.0345. The molecule has 0 spiro atoms. The lowest BCUT2D eigenvalue weighted by atomic mass is 10.4. The number of aliphatic hydroxyl groups excluding tert-OH is 1. The molecule has 0 amide bonds. The van der Waals surface area contributed by atoms with Gasteiger partial charge in [-0.05, 0) is 6.92 Å². The normalized spacial score (nSPS) is 14.5. The topological polar surface area (TPSA) is 32.3 Å². The van der Waals surface area contributed by atoms with Crippen LogP contribution in [-0.4, -0.2) is 17.8 Å². The van der Waals surface area contributed by atoms with Crippen molar-refractivity contribution < 1.29 is 9.59 Å². The summed E-state index contributed by atoms with van der Waals surface area (Å²) in [5.41, 5.74) is 1.36. The van der Waals surface area contributed by atoms with Crippen molar-refractivity contribution in [3.8, 4) is 0 Å². The summed E-state index contributed by atoms with van der Waals surface area (Å²) in [7, 11) is 0. The predicted octanol–water partition coefficient (Wildman–Crippen LogP) is -0.159. The Kier molecular flexibility index (Phi) is 2.98. The molecule has 2 nitrogen and oxygen atoms in total. The average molecular weight is 93.1 g/mol. The predicted molar refractivity (Wildman–Crippen MR) is 20.8 cm³/mol. The van der Waals surface area contributed by atoms with Gasteiger partial charge in [-0.1, -0.05) is 0 Å². The van der Waals surface area contributed by atoms with Crippen molar-refractivity contribution in [2.24, 2.45) is 0 Å². The third-order valence-electron chi connectivity index (χ3n) is 0.460. The molecule has 38 valence electrons. The summed E-state index contributed by atoms with van der Waals surface area (Å²) in [5, 5.41) is 8.03. The second-order valence-corrected chi connectivity index (χ2v) is 1.19. The highest BCUT2D eigenvalue weighted by Gasteiger charge is 1.91. The molecule has 0 saturated heterocycles. The third kappa shape index (κ3) is 2.11. The molecule has 0 aliphatic carbocycles. The molecular formula is C3H8FNO. The highest BCUT2D eigenvalue weighted by atomic mass is 19.2. The molecule has 0 unspecified atom stereocenters. The molecule has 0 aromatic carbocycles. The van der Waals surface area contributed by atoms with Gasteiger partial charge < -0.3 is 5.11 Å². The molecule has 0 aliphatic heterocycles. The second kappa shape index (κ2) is 3.06. The molecular weight excluding hydrogens is 85.0 g/mol. The van der Waals surface area contributed by atoms with Crippen molar-refractivity contribution in [2.45, 2.75) is 13.0 Å². The van der Waals surface area contributed by atoms with Crippen molar-refractivity contribution in [1.29, 1.82) is 0 Å². The van der Waals surface area contributed by atoms with E-state index in [1.54, 1.807) is 6.92 Å². The van der Waals surface area contributed by atoms with Gasteiger partial charge in [-0.15, -0.1) is 4.48 Å². The van der Waals surface area contributed by atoms with Gasteiger partial charge in [0, 0.05) is 0 Å². The fraction of sp³-hybridized carbons (Fsp3) is 1.00. The third-order valence-corrected chi connectivity index (χ3v) is 0.460. The van der Waals surface area contributed by atoms with E-state index in [9.17, 15) is 4.48 Å². The molecule has 0 aliphatic rings. The minimum Gasteiger partial charge on any atom is -0.395 e. The molecule has 3 heteroatoms. The van der Waals surface area contributed by atoms with Gasteiger partial charge in [0.2, 0.25) is 0 Å². The Morgan fingerprint density at radius 3 is 2.50 bits per heavy atom. The minimum atomic E-state index is -0.426. The van der Waals surface area contributed by atoms with Gasteiger partial charge >= 0.3 is 0 Å². The van der Waals surface area contributed by atoms with Crippen LogP contribution in [0.4, 0.5) is 4.48 Å². The number of halogens is 1. The van der Waals surface area contributed by atoms with Crippen LogP contribution in [0, 0.1) is 0 Å². The van der Waals surface area contributed by atoms with E-state index in [0.717, 1.165) is 0 Å². The van der Waals surface area contributed by atoms with Crippen LogP contribution >= 0.6 is 0 Å². The molecule has 0 aromatic rings. The fourth-order valence-corrected chi connectivity index (χ4v) is 0.0345. The molecule has 0 rings (SSSR count). The summed E-state index contributed by atoms with van der Waals surface area (Å²) in [6.45, 7) is 1.39. The van der Waals surface area contributed by atoms with Crippen LogP contribution in [0.25, 0.3) is 0 Å². The van der Waals surface area contributed by atoms with Gasteiger partial charge in [-0.3, -0.25) is 0 Å². The molecule has 0 bridgehead atoms. The smallest absolute Gasteiger partial charge is 0.0607 e. The zero-order valence-electron chi connectivity index (χ0n) is 3.61. The van der Waals surface area contributed by atoms with E-state index >= 15 is 0 Å². The van der Waals surface area contributed by atoms with Crippen LogP contribution in [0.15, 0.2) is 0 Å². The number of rotatable bonds is 2. The lowest BCUT2D eigenvalue weighted by molar-refractivity contribution is 0.187. The summed E-state index contributed by atoms with van der Waals surface area (Å²) in [4.78, 5) is 0. The van der Waals surface area contributed by atoms with Crippen LogP contribution < -0.4 is 5.54 Å². The molecule has 0 heterocycles. The molecule has 0 saturated carbocycles. The van der Waals surface area contributed by atoms with E-state index in [4.69, 9.17) is 5.11 Å². The number of hydrogen-bond donors (Lipinski definition) is 2. The first-order chi connectivity index (χ1) is 2.81. The van der Waals surface area contributed by atoms with Crippen molar-refractivity contribution in [2.75, 3.05) is 6.61 Å². The minimum absolute atomic E-state index is 0.156. The first-order valence-electron chi connectivity index (χ1n) is 1.78. The molecule has 0 radical (unpaired) electrons. The number of aliphatic hydroxyl groups is 1. The van der Waals surface area contributed by atoms with Gasteiger partial charge in [0.25, 0.3) is 0 Å². The number of hydrogen-bond acceptors (Lipinski definition) is 2. The Labute approximate surface area is 35.9 Å². The monoisotopic (exact) mass is 93.1 g/mol. The Hall–Kier alpha value is -0.150. The van der Waals surface area contributed by atoms with Crippen molar-refractivity contribution in [1.82, 2.24) is 5.54 Å². The van der Waals surface area contributed by atoms with Crippen LogP contribution in [0.5, 0.6) is 0 Å².